The van der Waals surface area contributed by atoms with Crippen molar-refractivity contribution < 1.29 is 38.4 Å². The number of rotatable bonds is 4. The molecular weight excluding hydrogens is 504 g/mol. The third-order valence-electron chi connectivity index (χ3n) is 6.05. The monoisotopic (exact) mass is 560 g/mol. The maximum Gasteiger partial charge on any atom is 0.408 e. The number of hydrogen-bond acceptors (Lipinski definition) is 8. The molecule has 2 saturated heterocycles. The number of alkyl carbamates (subject to hydrolysis) is 2. The molecule has 2 amide bonds. The van der Waals surface area contributed by atoms with Crippen LogP contribution in [-0.2, 0) is 23.7 Å². The summed E-state index contributed by atoms with van der Waals surface area (Å²) in [6, 6.07) is -0.359. The predicted octanol–water partition coefficient (Wildman–Crippen LogP) is 5.71. The van der Waals surface area contributed by atoms with E-state index in [2.05, 4.69) is 17.2 Å². The maximum absolute atomic E-state index is 11.8. The summed E-state index contributed by atoms with van der Waals surface area (Å²) in [5, 5.41) is 16.0. The van der Waals surface area contributed by atoms with Crippen molar-refractivity contribution in [1.29, 1.82) is 0 Å². The first-order valence-corrected chi connectivity index (χ1v) is 13.0. The van der Waals surface area contributed by atoms with E-state index in [-0.39, 0.29) is 57.0 Å². The van der Waals surface area contributed by atoms with Crippen molar-refractivity contribution in [2.24, 2.45) is 11.8 Å². The minimum Gasteiger partial charge on any atom is -0.460 e. The molecule has 7 atom stereocenters. The first kappa shape index (κ1) is 38.8. The van der Waals surface area contributed by atoms with Crippen molar-refractivity contribution >= 4 is 18.2 Å². The number of aliphatic hydroxyl groups is 1. The SMILES string of the molecule is C.C.C=CCC1(O)O[C@H](C)[C@H](NC(=O)OC(C)(C)C)C[C@@H]1C.C[C@H]1C[C@@H](NC(=O)OC(C)(C)C)[C@@H](C)OC1=O. The van der Waals surface area contributed by atoms with Crippen LogP contribution in [0.1, 0.15) is 103 Å². The number of nitrogens with one attached hydrogen (secondary N) is 2. The third-order valence-corrected chi connectivity index (χ3v) is 6.05. The number of esters is 1. The van der Waals surface area contributed by atoms with Gasteiger partial charge in [0.25, 0.3) is 0 Å². The lowest BCUT2D eigenvalue weighted by Gasteiger charge is -2.44. The van der Waals surface area contributed by atoms with Crippen molar-refractivity contribution in [3.05, 3.63) is 12.7 Å². The molecular formula is C29H56N2O8. The summed E-state index contributed by atoms with van der Waals surface area (Å²) >= 11 is 0. The summed E-state index contributed by atoms with van der Waals surface area (Å²) in [7, 11) is 0. The Morgan fingerprint density at radius 3 is 1.79 bits per heavy atom. The summed E-state index contributed by atoms with van der Waals surface area (Å²) in [6.45, 7) is 21.8. The van der Waals surface area contributed by atoms with Crippen LogP contribution in [-0.4, -0.2) is 64.5 Å². The quantitative estimate of drug-likeness (QED) is 0.226. The molecule has 2 aliphatic heterocycles. The van der Waals surface area contributed by atoms with Crippen LogP contribution in [0.5, 0.6) is 0 Å². The lowest BCUT2D eigenvalue weighted by atomic mass is 9.85. The van der Waals surface area contributed by atoms with Crippen molar-refractivity contribution in [3.63, 3.8) is 0 Å². The van der Waals surface area contributed by atoms with E-state index in [0.717, 1.165) is 0 Å². The Labute approximate surface area is 236 Å². The number of carbonyl (C=O) groups excluding carboxylic acids is 3. The van der Waals surface area contributed by atoms with Crippen LogP contribution >= 0.6 is 0 Å². The highest BCUT2D eigenvalue weighted by atomic mass is 16.6. The second-order valence-electron chi connectivity index (χ2n) is 12.1. The molecule has 2 aliphatic rings. The Morgan fingerprint density at radius 2 is 1.38 bits per heavy atom. The van der Waals surface area contributed by atoms with Gasteiger partial charge in [-0.3, -0.25) is 4.79 Å². The molecule has 0 aromatic heterocycles. The van der Waals surface area contributed by atoms with Crippen LogP contribution in [0, 0.1) is 11.8 Å². The normalized spacial score (nSPS) is 30.5. The first-order chi connectivity index (χ1) is 16.8. The summed E-state index contributed by atoms with van der Waals surface area (Å²) in [4.78, 5) is 34.7. The van der Waals surface area contributed by atoms with Crippen LogP contribution < -0.4 is 10.6 Å². The number of ether oxygens (including phenoxy) is 4. The van der Waals surface area contributed by atoms with Crippen LogP contribution in [0.15, 0.2) is 12.7 Å². The van der Waals surface area contributed by atoms with Gasteiger partial charge in [-0.05, 0) is 68.2 Å². The zero-order chi connectivity index (χ0) is 28.8. The van der Waals surface area contributed by atoms with Crippen LogP contribution in [0.4, 0.5) is 9.59 Å². The minimum absolute atomic E-state index is 0. The average molecular weight is 561 g/mol. The smallest absolute Gasteiger partial charge is 0.408 e. The molecule has 0 bridgehead atoms. The molecule has 0 saturated carbocycles. The zero-order valence-electron chi connectivity index (χ0n) is 24.2. The summed E-state index contributed by atoms with van der Waals surface area (Å²) in [5.74, 6) is -1.70. The molecule has 39 heavy (non-hydrogen) atoms. The molecule has 3 N–H and O–H groups in total. The highest BCUT2D eigenvalue weighted by Crippen LogP contribution is 2.35. The number of hydrogen-bond donors (Lipinski definition) is 3. The van der Waals surface area contributed by atoms with Crippen molar-refractivity contribution in [1.82, 2.24) is 10.6 Å². The highest BCUT2D eigenvalue weighted by Gasteiger charge is 2.44. The summed E-state index contributed by atoms with van der Waals surface area (Å²) < 4.78 is 21.2. The van der Waals surface area contributed by atoms with Gasteiger partial charge in [0.2, 0.25) is 0 Å². The Hall–Kier alpha value is -2.33. The fourth-order valence-electron chi connectivity index (χ4n) is 4.05. The van der Waals surface area contributed by atoms with Gasteiger partial charge in [-0.1, -0.05) is 34.8 Å². The van der Waals surface area contributed by atoms with Crippen molar-refractivity contribution in [2.45, 2.75) is 145 Å². The lowest BCUT2D eigenvalue weighted by Crippen LogP contribution is -2.57. The van der Waals surface area contributed by atoms with E-state index in [9.17, 15) is 19.5 Å². The van der Waals surface area contributed by atoms with E-state index in [1.165, 1.54) is 0 Å². The molecule has 10 heteroatoms. The van der Waals surface area contributed by atoms with E-state index in [0.29, 0.717) is 19.3 Å². The Kier molecular flexibility index (Phi) is 15.4. The second kappa shape index (κ2) is 15.5. The van der Waals surface area contributed by atoms with Gasteiger partial charge in [0.1, 0.15) is 17.3 Å². The van der Waals surface area contributed by atoms with Gasteiger partial charge >= 0.3 is 18.2 Å². The maximum atomic E-state index is 11.8. The third kappa shape index (κ3) is 13.5. The molecule has 0 spiro atoms. The second-order valence-corrected chi connectivity index (χ2v) is 12.1. The van der Waals surface area contributed by atoms with E-state index in [1.807, 2.05) is 34.6 Å². The number of carbonyl (C=O) groups is 3. The Morgan fingerprint density at radius 1 is 0.949 bits per heavy atom. The van der Waals surface area contributed by atoms with Crippen LogP contribution in [0.25, 0.3) is 0 Å². The first-order valence-electron chi connectivity index (χ1n) is 13.0. The standard InChI is InChI=1S/C15H27NO4.C12H21NO4.2CH4/c1-7-8-15(18)10(2)9-12(11(3)19-15)16-13(17)20-14(4,5)6;1-7-6-9(8(2)16-10(7)14)13-11(15)17-12(3,4)5;;/h7,10-12,18H,1,8-9H2,2-6H3,(H,16,17);7-9H,6H2,1-5H3,(H,13,15);2*1H4/t10-,11+,12+,15?;7-,8+,9+;;/m00../s1. The summed E-state index contributed by atoms with van der Waals surface area (Å²) in [5.41, 5.74) is -1.05. The molecule has 2 heterocycles. The minimum atomic E-state index is -1.20. The average Bonchev–Trinajstić information content (AvgIpc) is 2.68. The number of amides is 2. The van der Waals surface area contributed by atoms with E-state index in [1.54, 1.807) is 40.7 Å². The van der Waals surface area contributed by atoms with Gasteiger partial charge in [-0.15, -0.1) is 6.58 Å². The van der Waals surface area contributed by atoms with Gasteiger partial charge < -0.3 is 34.7 Å². The van der Waals surface area contributed by atoms with Gasteiger partial charge in [-0.2, -0.15) is 0 Å². The lowest BCUT2D eigenvalue weighted by molar-refractivity contribution is -0.280. The number of cyclic esters (lactones) is 1. The largest absolute Gasteiger partial charge is 0.460 e. The fourth-order valence-corrected chi connectivity index (χ4v) is 4.05. The van der Waals surface area contributed by atoms with E-state index < -0.39 is 29.2 Å². The van der Waals surface area contributed by atoms with E-state index in [4.69, 9.17) is 18.9 Å². The molecule has 0 aromatic carbocycles. The molecule has 2 rings (SSSR count). The molecule has 230 valence electrons. The van der Waals surface area contributed by atoms with E-state index >= 15 is 0 Å². The summed E-state index contributed by atoms with van der Waals surface area (Å²) in [6.07, 6.45) is 1.70. The van der Waals surface area contributed by atoms with Crippen molar-refractivity contribution in [3.8, 4) is 0 Å². The molecule has 2 fully saturated rings. The fraction of sp³-hybridized carbons (Fsp3) is 0.828. The van der Waals surface area contributed by atoms with Crippen LogP contribution in [0.3, 0.4) is 0 Å². The Balaban J connectivity index is 0. The van der Waals surface area contributed by atoms with Gasteiger partial charge in [-0.25, -0.2) is 9.59 Å². The van der Waals surface area contributed by atoms with Gasteiger partial charge in [0.15, 0.2) is 5.79 Å². The molecule has 1 unspecified atom stereocenters. The van der Waals surface area contributed by atoms with Gasteiger partial charge in [0.05, 0.1) is 24.1 Å². The zero-order valence-corrected chi connectivity index (χ0v) is 24.2. The molecule has 0 aromatic rings. The van der Waals surface area contributed by atoms with Crippen LogP contribution in [0.2, 0.25) is 0 Å². The van der Waals surface area contributed by atoms with Gasteiger partial charge in [0, 0.05) is 12.3 Å². The van der Waals surface area contributed by atoms with Crippen molar-refractivity contribution in [2.75, 3.05) is 0 Å². The Bertz CT molecular complexity index is 804. The molecule has 0 radical (unpaired) electrons. The molecule has 10 nitrogen and oxygen atoms in total. The highest BCUT2D eigenvalue weighted by molar-refractivity contribution is 5.74. The topological polar surface area (TPSA) is 132 Å². The predicted molar refractivity (Wildman–Crippen MR) is 153 cm³/mol. The molecule has 0 aliphatic carbocycles.